The fourth-order valence-corrected chi connectivity index (χ4v) is 11.4. The molecule has 2 unspecified atom stereocenters. The number of allylic oxidation sites excluding steroid dienone is 4. The minimum Gasteiger partial charge on any atom is -0.489 e. The van der Waals surface area contributed by atoms with E-state index in [2.05, 4.69) is 89.4 Å². The number of carbonyl (C=O) groups is 2. The summed E-state index contributed by atoms with van der Waals surface area (Å²) in [5.41, 5.74) is 11.6. The molecule has 8 aromatic rings. The average Bonchev–Trinajstić information content (AvgIpc) is 4.15. The third-order valence-corrected chi connectivity index (χ3v) is 14.7. The van der Waals surface area contributed by atoms with Crippen LogP contribution in [0.3, 0.4) is 0 Å². The number of H-pyrrole nitrogens is 1. The van der Waals surface area contributed by atoms with Gasteiger partial charge in [-0.15, -0.1) is 22.7 Å². The van der Waals surface area contributed by atoms with Crippen LogP contribution in [0.5, 0.6) is 11.5 Å². The standard InChI is InChI=1S/C29H29NO3S.C28H27NO3S/c1-3-32-29(31)25-18-24-28(34-25)26(21-12-8-5-9-13-21)27(30(24)2)22-14-16-23(17-15-22)33-19-20-10-6-4-7-11-20;1-2-31-28(30)24-17-23-27(33-24)25(20-11-7-4-8-12-20)26(29-23)21-13-15-22(16-14-21)32-18-19-9-5-3-6-10-19/h4,6-8,10-12,14-18,21H,3,5,9,13,19H2,1-2H3;3,5-7,9-11,13-17,20,29H,2,4,8,12,18H2,1H3. The number of aryl methyl sites for hydroxylation is 1. The molecule has 0 amide bonds. The van der Waals surface area contributed by atoms with Gasteiger partial charge in [0.2, 0.25) is 0 Å². The van der Waals surface area contributed by atoms with Crippen molar-refractivity contribution in [1.82, 2.24) is 9.55 Å². The zero-order chi connectivity index (χ0) is 46.1. The lowest BCUT2D eigenvalue weighted by Gasteiger charge is -2.19. The Morgan fingerprint density at radius 1 is 0.627 bits per heavy atom. The zero-order valence-electron chi connectivity index (χ0n) is 38.3. The summed E-state index contributed by atoms with van der Waals surface area (Å²) in [5, 5.41) is 0. The lowest BCUT2D eigenvalue weighted by molar-refractivity contribution is 0.0522. The van der Waals surface area contributed by atoms with Crippen LogP contribution in [0.15, 0.2) is 146 Å². The number of hydrogen-bond acceptors (Lipinski definition) is 8. The van der Waals surface area contributed by atoms with Gasteiger partial charge < -0.3 is 28.5 Å². The molecule has 0 fully saturated rings. The van der Waals surface area contributed by atoms with Crippen LogP contribution in [0, 0.1) is 0 Å². The molecule has 2 aliphatic carbocycles. The molecular weight excluding hydrogens is 873 g/mol. The Morgan fingerprint density at radius 3 is 1.66 bits per heavy atom. The predicted molar refractivity (Wildman–Crippen MR) is 273 cm³/mol. The number of carbonyl (C=O) groups excluding carboxylic acids is 2. The van der Waals surface area contributed by atoms with E-state index in [1.54, 1.807) is 11.3 Å². The fourth-order valence-electron chi connectivity index (χ4n) is 9.13. The van der Waals surface area contributed by atoms with Gasteiger partial charge in [-0.25, -0.2) is 9.59 Å². The van der Waals surface area contributed by atoms with E-state index in [0.717, 1.165) is 80.9 Å². The van der Waals surface area contributed by atoms with Gasteiger partial charge in [0.1, 0.15) is 34.5 Å². The zero-order valence-corrected chi connectivity index (χ0v) is 39.9. The molecule has 0 bridgehead atoms. The number of thiophene rings is 2. The maximum absolute atomic E-state index is 12.4. The lowest BCUT2D eigenvalue weighted by Crippen LogP contribution is -2.04. The third-order valence-electron chi connectivity index (χ3n) is 12.4. The van der Waals surface area contributed by atoms with Gasteiger partial charge in [0, 0.05) is 30.0 Å². The molecule has 4 aromatic carbocycles. The Bertz CT molecular complexity index is 2990. The topological polar surface area (TPSA) is 91.8 Å². The second-order valence-electron chi connectivity index (χ2n) is 16.9. The van der Waals surface area contributed by atoms with Crippen molar-refractivity contribution in [3.05, 3.63) is 178 Å². The number of ether oxygens (including phenoxy) is 4. The van der Waals surface area contributed by atoms with Crippen LogP contribution >= 0.6 is 22.7 Å². The van der Waals surface area contributed by atoms with Crippen LogP contribution in [0.25, 0.3) is 42.9 Å². The normalized spacial score (nSPS) is 15.6. The van der Waals surface area contributed by atoms with Crippen LogP contribution in [-0.4, -0.2) is 34.7 Å². The molecule has 10 rings (SSSR count). The Morgan fingerprint density at radius 2 is 1.13 bits per heavy atom. The number of hydrogen-bond donors (Lipinski definition) is 1. The first-order chi connectivity index (χ1) is 32.9. The smallest absolute Gasteiger partial charge is 0.348 e. The highest BCUT2D eigenvalue weighted by atomic mass is 32.1. The molecule has 2 atom stereocenters. The average molecular weight is 929 g/mol. The summed E-state index contributed by atoms with van der Waals surface area (Å²) in [7, 11) is 2.09. The molecule has 10 heteroatoms. The van der Waals surface area contributed by atoms with E-state index in [1.165, 1.54) is 45.7 Å². The van der Waals surface area contributed by atoms with Gasteiger partial charge >= 0.3 is 11.9 Å². The van der Waals surface area contributed by atoms with Gasteiger partial charge in [-0.1, -0.05) is 85.0 Å². The molecule has 342 valence electrons. The molecule has 0 saturated heterocycles. The maximum atomic E-state index is 12.4. The van der Waals surface area contributed by atoms with Crippen LogP contribution in [0.4, 0.5) is 0 Å². The summed E-state index contributed by atoms with van der Waals surface area (Å²) in [5.74, 6) is 1.89. The summed E-state index contributed by atoms with van der Waals surface area (Å²) < 4.78 is 27.0. The SMILES string of the molecule is CCOC(=O)c1cc2[nH]c(-c3ccc(OCc4ccccc4)cc3)c(C3C=CCCC3)c2s1.CCOC(=O)c1cc2c(s1)c(C1C=CCCC1)c(-c1ccc(OCc3ccccc3)cc1)n2C. The minimum absolute atomic E-state index is 0.240. The number of esters is 2. The van der Waals surface area contributed by atoms with Crippen molar-refractivity contribution in [2.45, 2.75) is 77.4 Å². The molecule has 0 aliphatic heterocycles. The highest BCUT2D eigenvalue weighted by Gasteiger charge is 2.28. The molecule has 0 spiro atoms. The molecule has 2 aliphatic rings. The Labute approximate surface area is 400 Å². The first kappa shape index (κ1) is 45.5. The summed E-state index contributed by atoms with van der Waals surface area (Å²) in [6.07, 6.45) is 16.1. The van der Waals surface area contributed by atoms with Crippen molar-refractivity contribution in [1.29, 1.82) is 0 Å². The van der Waals surface area contributed by atoms with Crippen LogP contribution < -0.4 is 9.47 Å². The predicted octanol–water partition coefficient (Wildman–Crippen LogP) is 15.0. The highest BCUT2D eigenvalue weighted by molar-refractivity contribution is 7.21. The van der Waals surface area contributed by atoms with Crippen molar-refractivity contribution in [2.75, 3.05) is 13.2 Å². The minimum atomic E-state index is -0.251. The number of benzene rings is 4. The van der Waals surface area contributed by atoms with Crippen LogP contribution in [-0.2, 0) is 29.7 Å². The van der Waals surface area contributed by atoms with E-state index in [-0.39, 0.29) is 11.9 Å². The van der Waals surface area contributed by atoms with Gasteiger partial charge in [0.05, 0.1) is 45.0 Å². The van der Waals surface area contributed by atoms with E-state index in [9.17, 15) is 9.59 Å². The molecule has 1 N–H and O–H groups in total. The maximum Gasteiger partial charge on any atom is 0.348 e. The fraction of sp³-hybridized carbons (Fsp3) is 0.263. The lowest BCUT2D eigenvalue weighted by atomic mass is 9.88. The summed E-state index contributed by atoms with van der Waals surface area (Å²) in [6, 6.07) is 40.9. The molecule has 0 radical (unpaired) electrons. The summed E-state index contributed by atoms with van der Waals surface area (Å²) in [4.78, 5) is 29.6. The van der Waals surface area contributed by atoms with Gasteiger partial charge in [-0.3, -0.25) is 0 Å². The van der Waals surface area contributed by atoms with Crippen molar-refractivity contribution in [3.63, 3.8) is 0 Å². The third kappa shape index (κ3) is 10.4. The van der Waals surface area contributed by atoms with E-state index >= 15 is 0 Å². The van der Waals surface area contributed by atoms with Crippen molar-refractivity contribution in [3.8, 4) is 34.0 Å². The van der Waals surface area contributed by atoms with E-state index in [1.807, 2.05) is 86.6 Å². The van der Waals surface area contributed by atoms with E-state index in [0.29, 0.717) is 48.0 Å². The number of rotatable bonds is 14. The largest absolute Gasteiger partial charge is 0.489 e. The Kier molecular flexibility index (Phi) is 14.5. The van der Waals surface area contributed by atoms with Crippen molar-refractivity contribution in [2.24, 2.45) is 7.05 Å². The Balaban J connectivity index is 0.000000168. The number of fused-ring (bicyclic) bond motifs is 2. The molecule has 67 heavy (non-hydrogen) atoms. The number of aromatic amines is 1. The van der Waals surface area contributed by atoms with Crippen molar-refractivity contribution >= 4 is 55.0 Å². The summed E-state index contributed by atoms with van der Waals surface area (Å²) in [6.45, 7) is 5.54. The molecule has 4 heterocycles. The number of nitrogens with one attached hydrogen (secondary N) is 1. The van der Waals surface area contributed by atoms with Crippen LogP contribution in [0.2, 0.25) is 0 Å². The van der Waals surface area contributed by atoms with Gasteiger partial charge in [-0.2, -0.15) is 0 Å². The van der Waals surface area contributed by atoms with Gasteiger partial charge in [0.15, 0.2) is 0 Å². The Hall–Kier alpha value is -6.62. The molecule has 8 nitrogen and oxygen atoms in total. The highest BCUT2D eigenvalue weighted by Crippen LogP contribution is 2.46. The molecule has 4 aromatic heterocycles. The monoisotopic (exact) mass is 928 g/mol. The molecule has 0 saturated carbocycles. The second kappa shape index (κ2) is 21.3. The first-order valence-electron chi connectivity index (χ1n) is 23.4. The summed E-state index contributed by atoms with van der Waals surface area (Å²) >= 11 is 3.08. The van der Waals surface area contributed by atoms with Gasteiger partial charge in [-0.05, 0) is 135 Å². The van der Waals surface area contributed by atoms with E-state index < -0.39 is 0 Å². The van der Waals surface area contributed by atoms with Crippen molar-refractivity contribution < 1.29 is 28.5 Å². The first-order valence-corrected chi connectivity index (χ1v) is 25.0. The quantitative estimate of drug-likeness (QED) is 0.0863. The number of aromatic nitrogens is 2. The van der Waals surface area contributed by atoms with Crippen LogP contribution in [0.1, 0.15) is 106 Å². The number of nitrogens with zero attached hydrogens (tertiary/aromatic N) is 1. The molecular formula is C57H56N2O6S2. The second-order valence-corrected chi connectivity index (χ2v) is 19.0. The van der Waals surface area contributed by atoms with E-state index in [4.69, 9.17) is 18.9 Å². The van der Waals surface area contributed by atoms with Gasteiger partial charge in [0.25, 0.3) is 0 Å².